The predicted octanol–water partition coefficient (Wildman–Crippen LogP) is 1.22. The summed E-state index contributed by atoms with van der Waals surface area (Å²) in [4.78, 5) is 19.8. The van der Waals surface area contributed by atoms with Gasteiger partial charge in [0.2, 0.25) is 5.95 Å². The quantitative estimate of drug-likeness (QED) is 0.713. The molecule has 0 aliphatic carbocycles. The number of amides is 2. The van der Waals surface area contributed by atoms with Gasteiger partial charge in [0.15, 0.2) is 5.69 Å². The molecule has 10 heteroatoms. The third-order valence-electron chi connectivity index (χ3n) is 2.35. The van der Waals surface area contributed by atoms with Crippen LogP contribution in [0.15, 0.2) is 6.07 Å². The van der Waals surface area contributed by atoms with Gasteiger partial charge < -0.3 is 20.9 Å². The normalized spacial score (nSPS) is 11.0. The smallest absolute Gasteiger partial charge is 0.368 e. The lowest BCUT2D eigenvalue weighted by atomic mass is 10.3. The van der Waals surface area contributed by atoms with Crippen molar-refractivity contribution in [2.24, 2.45) is 0 Å². The van der Waals surface area contributed by atoms with Crippen molar-refractivity contribution < 1.29 is 18.0 Å². The molecule has 0 unspecified atom stereocenters. The van der Waals surface area contributed by atoms with Crippen LogP contribution in [0.4, 0.5) is 29.7 Å². The van der Waals surface area contributed by atoms with E-state index in [9.17, 15) is 18.0 Å². The van der Waals surface area contributed by atoms with Crippen LogP contribution in [0.3, 0.4) is 0 Å². The Morgan fingerprint density at radius 2 is 1.95 bits per heavy atom. The van der Waals surface area contributed by atoms with Gasteiger partial charge in [-0.1, -0.05) is 0 Å². The van der Waals surface area contributed by atoms with Gasteiger partial charge in [-0.05, 0) is 0 Å². The van der Waals surface area contributed by atoms with Crippen LogP contribution in [-0.4, -0.2) is 55.1 Å². The zero-order valence-electron chi connectivity index (χ0n) is 11.9. The van der Waals surface area contributed by atoms with Crippen molar-refractivity contribution in [3.05, 3.63) is 11.8 Å². The van der Waals surface area contributed by atoms with E-state index in [-0.39, 0.29) is 30.9 Å². The topological polar surface area (TPSA) is 82.2 Å². The highest BCUT2D eigenvalue weighted by atomic mass is 19.4. The van der Waals surface area contributed by atoms with Crippen LogP contribution in [-0.2, 0) is 6.18 Å². The van der Waals surface area contributed by atoms with E-state index in [1.165, 1.54) is 11.9 Å². The summed E-state index contributed by atoms with van der Waals surface area (Å²) < 4.78 is 38.0. The highest BCUT2D eigenvalue weighted by Crippen LogP contribution is 2.29. The molecule has 21 heavy (non-hydrogen) atoms. The molecule has 0 atom stereocenters. The molecule has 1 aromatic rings. The Balaban J connectivity index is 2.64. The van der Waals surface area contributed by atoms with Crippen molar-refractivity contribution >= 4 is 17.8 Å². The lowest BCUT2D eigenvalue weighted by Gasteiger charge is -2.13. The van der Waals surface area contributed by atoms with Gasteiger partial charge in [-0.2, -0.15) is 18.2 Å². The van der Waals surface area contributed by atoms with Gasteiger partial charge in [0, 0.05) is 40.3 Å². The molecule has 1 aromatic heterocycles. The van der Waals surface area contributed by atoms with Crippen LogP contribution in [0.1, 0.15) is 5.69 Å². The van der Waals surface area contributed by atoms with E-state index >= 15 is 0 Å². The molecule has 3 N–H and O–H groups in total. The molecule has 0 saturated carbocycles. The van der Waals surface area contributed by atoms with Gasteiger partial charge in [-0.15, -0.1) is 0 Å². The van der Waals surface area contributed by atoms with Crippen molar-refractivity contribution in [2.75, 3.05) is 44.9 Å². The summed E-state index contributed by atoms with van der Waals surface area (Å²) in [7, 11) is 4.60. The molecule has 0 aromatic carbocycles. The van der Waals surface area contributed by atoms with Crippen molar-refractivity contribution in [3.63, 3.8) is 0 Å². The van der Waals surface area contributed by atoms with E-state index < -0.39 is 11.9 Å². The minimum Gasteiger partial charge on any atom is -0.368 e. The minimum absolute atomic E-state index is 0.0285. The maximum absolute atomic E-state index is 12.7. The van der Waals surface area contributed by atoms with Crippen molar-refractivity contribution in [2.45, 2.75) is 6.18 Å². The Kier molecular flexibility index (Phi) is 5.56. The number of urea groups is 1. The first-order valence-corrected chi connectivity index (χ1v) is 6.07. The summed E-state index contributed by atoms with van der Waals surface area (Å²) in [5.41, 5.74) is -1.04. The number of carbonyl (C=O) groups is 1. The van der Waals surface area contributed by atoms with Crippen molar-refractivity contribution in [1.82, 2.24) is 20.2 Å². The highest BCUT2D eigenvalue weighted by molar-refractivity contribution is 5.73. The zero-order chi connectivity index (χ0) is 16.0. The van der Waals surface area contributed by atoms with Gasteiger partial charge in [-0.3, -0.25) is 0 Å². The second kappa shape index (κ2) is 6.95. The number of nitrogens with one attached hydrogen (secondary N) is 3. The lowest BCUT2D eigenvalue weighted by molar-refractivity contribution is -0.141. The van der Waals surface area contributed by atoms with E-state index in [1.54, 1.807) is 14.1 Å². The molecule has 0 aliphatic heterocycles. The molecule has 0 radical (unpaired) electrons. The lowest BCUT2D eigenvalue weighted by Crippen LogP contribution is -2.37. The van der Waals surface area contributed by atoms with Crippen molar-refractivity contribution in [3.8, 4) is 0 Å². The molecule has 7 nitrogen and oxygen atoms in total. The van der Waals surface area contributed by atoms with Gasteiger partial charge in [0.05, 0.1) is 0 Å². The average Bonchev–Trinajstić information content (AvgIpc) is 2.41. The number of hydrogen-bond donors (Lipinski definition) is 3. The van der Waals surface area contributed by atoms with Crippen molar-refractivity contribution in [1.29, 1.82) is 0 Å². The number of alkyl halides is 3. The van der Waals surface area contributed by atoms with Crippen LogP contribution in [0.2, 0.25) is 0 Å². The first-order valence-electron chi connectivity index (χ1n) is 6.07. The SMILES string of the molecule is CNc1nc(NCCNC(=O)N(C)C)cc(C(F)(F)F)n1. The van der Waals surface area contributed by atoms with Gasteiger partial charge >= 0.3 is 12.2 Å². The number of hydrogen-bond acceptors (Lipinski definition) is 5. The van der Waals surface area contributed by atoms with Gasteiger partial charge in [0.25, 0.3) is 0 Å². The summed E-state index contributed by atoms with van der Waals surface area (Å²) in [6, 6.07) is 0.528. The fraction of sp³-hybridized carbons (Fsp3) is 0.545. The third kappa shape index (κ3) is 5.32. The Bertz CT molecular complexity index is 491. The third-order valence-corrected chi connectivity index (χ3v) is 2.35. The van der Waals surface area contributed by atoms with Crippen LogP contribution < -0.4 is 16.0 Å². The number of halogens is 3. The standard InChI is InChI=1S/C11H17F3N6O/c1-15-9-18-7(11(12,13)14)6-8(19-9)16-4-5-17-10(21)20(2)3/h6H,4-5H2,1-3H3,(H,17,21)(H2,15,16,18,19). The Morgan fingerprint density at radius 3 is 2.48 bits per heavy atom. The van der Waals surface area contributed by atoms with Gasteiger partial charge in [0.1, 0.15) is 5.82 Å². The summed E-state index contributed by atoms with van der Waals surface area (Å²) in [6.07, 6.45) is -4.55. The number of carbonyl (C=O) groups excluding carboxylic acids is 1. The molecular formula is C11H17F3N6O. The first kappa shape index (κ1) is 16.8. The number of anilines is 2. The second-order valence-electron chi connectivity index (χ2n) is 4.26. The largest absolute Gasteiger partial charge is 0.433 e. The Hall–Kier alpha value is -2.26. The Labute approximate surface area is 119 Å². The maximum atomic E-state index is 12.7. The summed E-state index contributed by atoms with van der Waals surface area (Å²) >= 11 is 0. The van der Waals surface area contributed by atoms with E-state index in [4.69, 9.17) is 0 Å². The average molecular weight is 306 g/mol. The van der Waals surface area contributed by atoms with Crippen LogP contribution in [0.25, 0.3) is 0 Å². The monoisotopic (exact) mass is 306 g/mol. The molecule has 0 spiro atoms. The molecule has 0 aliphatic rings. The molecule has 118 valence electrons. The molecule has 2 amide bonds. The van der Waals surface area contributed by atoms with E-state index in [0.29, 0.717) is 0 Å². The molecule has 1 heterocycles. The number of nitrogens with zero attached hydrogens (tertiary/aromatic N) is 3. The maximum Gasteiger partial charge on any atom is 0.433 e. The Morgan fingerprint density at radius 1 is 1.29 bits per heavy atom. The molecule has 0 fully saturated rings. The van der Waals surface area contributed by atoms with E-state index in [0.717, 1.165) is 6.07 Å². The number of rotatable bonds is 5. The summed E-state index contributed by atoms with van der Waals surface area (Å²) in [6.45, 7) is 0.480. The molecule has 0 saturated heterocycles. The predicted molar refractivity (Wildman–Crippen MR) is 72.2 cm³/mol. The van der Waals surface area contributed by atoms with Crippen LogP contribution >= 0.6 is 0 Å². The summed E-state index contributed by atoms with van der Waals surface area (Å²) in [5.74, 6) is -0.106. The van der Waals surface area contributed by atoms with Gasteiger partial charge in [-0.25, -0.2) is 9.78 Å². The van der Waals surface area contributed by atoms with Crippen LogP contribution in [0.5, 0.6) is 0 Å². The molecule has 0 bridgehead atoms. The fourth-order valence-electron chi connectivity index (χ4n) is 1.31. The second-order valence-corrected chi connectivity index (χ2v) is 4.26. The van der Waals surface area contributed by atoms with E-state index in [1.807, 2.05) is 0 Å². The zero-order valence-corrected chi connectivity index (χ0v) is 11.9. The van der Waals surface area contributed by atoms with E-state index in [2.05, 4.69) is 25.9 Å². The van der Waals surface area contributed by atoms with Crippen LogP contribution in [0, 0.1) is 0 Å². The number of aromatic nitrogens is 2. The molecule has 1 rings (SSSR count). The fourth-order valence-corrected chi connectivity index (χ4v) is 1.31. The first-order chi connectivity index (χ1) is 9.74. The molecular weight excluding hydrogens is 289 g/mol. The minimum atomic E-state index is -4.55. The highest BCUT2D eigenvalue weighted by Gasteiger charge is 2.33. The summed E-state index contributed by atoms with van der Waals surface area (Å²) in [5, 5.41) is 7.74.